The summed E-state index contributed by atoms with van der Waals surface area (Å²) >= 11 is 0. The molecule has 2 heterocycles. The second-order valence-electron chi connectivity index (χ2n) is 4.52. The van der Waals surface area contributed by atoms with Crippen LogP contribution in [-0.4, -0.2) is 39.0 Å². The molecule has 106 valence electrons. The Balaban J connectivity index is 1.95. The lowest BCUT2D eigenvalue weighted by atomic mass is 10.2. The molecule has 0 saturated carbocycles. The number of furan rings is 1. The fourth-order valence-corrected chi connectivity index (χ4v) is 3.64. The normalized spacial score (nSPS) is 17.2. The zero-order valence-electron chi connectivity index (χ0n) is 10.9. The van der Waals surface area contributed by atoms with Gasteiger partial charge in [-0.1, -0.05) is 12.1 Å². The highest BCUT2D eigenvalue weighted by Gasteiger charge is 2.26. The molecule has 0 radical (unpaired) electrons. The van der Waals surface area contributed by atoms with Gasteiger partial charge in [0.25, 0.3) is 0 Å². The van der Waals surface area contributed by atoms with E-state index in [0.717, 1.165) is 5.56 Å². The third-order valence-corrected chi connectivity index (χ3v) is 5.14. The first kappa shape index (κ1) is 13.4. The molecule has 20 heavy (non-hydrogen) atoms. The molecule has 3 rings (SSSR count). The van der Waals surface area contributed by atoms with Gasteiger partial charge in [-0.3, -0.25) is 0 Å². The largest absolute Gasteiger partial charge is 0.464 e. The fourth-order valence-electron chi connectivity index (χ4n) is 2.19. The predicted octanol–water partition coefficient (Wildman–Crippen LogP) is 1.97. The summed E-state index contributed by atoms with van der Waals surface area (Å²) in [7, 11) is -3.46. The number of benzene rings is 1. The standard InChI is InChI=1S/C14H15NO4S/c16-20(17,15-6-9-18-10-7-15)13-4-1-3-12(11-13)14-5-2-8-19-14/h1-5,8,11H,6-7,9-10H2. The van der Waals surface area contributed by atoms with Crippen LogP contribution in [0.2, 0.25) is 0 Å². The average molecular weight is 293 g/mol. The van der Waals surface area contributed by atoms with Crippen LogP contribution >= 0.6 is 0 Å². The first-order chi connectivity index (χ1) is 9.68. The van der Waals surface area contributed by atoms with Crippen LogP contribution in [0.4, 0.5) is 0 Å². The molecule has 1 fully saturated rings. The lowest BCUT2D eigenvalue weighted by molar-refractivity contribution is 0.0730. The van der Waals surface area contributed by atoms with Crippen LogP contribution in [0.25, 0.3) is 11.3 Å². The Kier molecular flexibility index (Phi) is 3.60. The molecule has 2 aromatic rings. The zero-order valence-corrected chi connectivity index (χ0v) is 11.7. The van der Waals surface area contributed by atoms with Crippen LogP contribution in [0.1, 0.15) is 0 Å². The summed E-state index contributed by atoms with van der Waals surface area (Å²) in [5, 5.41) is 0. The van der Waals surface area contributed by atoms with Gasteiger partial charge in [0.1, 0.15) is 5.76 Å². The highest BCUT2D eigenvalue weighted by Crippen LogP contribution is 2.24. The number of ether oxygens (including phenoxy) is 1. The Hall–Kier alpha value is -1.63. The maximum atomic E-state index is 12.5. The SMILES string of the molecule is O=S(=O)(c1cccc(-c2ccco2)c1)N1CCOCC1. The van der Waals surface area contributed by atoms with Gasteiger partial charge in [0, 0.05) is 18.7 Å². The van der Waals surface area contributed by atoms with E-state index in [1.807, 2.05) is 6.07 Å². The maximum Gasteiger partial charge on any atom is 0.243 e. The number of sulfonamides is 1. The van der Waals surface area contributed by atoms with Crippen molar-refractivity contribution in [1.29, 1.82) is 0 Å². The van der Waals surface area contributed by atoms with E-state index in [-0.39, 0.29) is 4.90 Å². The van der Waals surface area contributed by atoms with Crippen LogP contribution in [0.15, 0.2) is 52.0 Å². The summed E-state index contributed by atoms with van der Waals surface area (Å²) in [6.07, 6.45) is 1.57. The van der Waals surface area contributed by atoms with Gasteiger partial charge in [-0.25, -0.2) is 8.42 Å². The molecule has 0 spiro atoms. The Labute approximate surface area is 117 Å². The molecule has 0 unspecified atom stereocenters. The van der Waals surface area contributed by atoms with Crippen molar-refractivity contribution < 1.29 is 17.6 Å². The lowest BCUT2D eigenvalue weighted by Gasteiger charge is -2.26. The van der Waals surface area contributed by atoms with Crippen molar-refractivity contribution in [2.45, 2.75) is 4.90 Å². The first-order valence-corrected chi connectivity index (χ1v) is 7.84. The Bertz CT molecular complexity index is 673. The number of hydrogen-bond acceptors (Lipinski definition) is 4. The molecule has 1 aliphatic heterocycles. The summed E-state index contributed by atoms with van der Waals surface area (Å²) in [4.78, 5) is 0.285. The van der Waals surface area contributed by atoms with Crippen LogP contribution in [-0.2, 0) is 14.8 Å². The van der Waals surface area contributed by atoms with Crippen molar-refractivity contribution in [2.24, 2.45) is 0 Å². The molecule has 0 amide bonds. The molecule has 0 atom stereocenters. The van der Waals surface area contributed by atoms with Gasteiger partial charge < -0.3 is 9.15 Å². The Morgan fingerprint density at radius 1 is 1.05 bits per heavy atom. The average Bonchev–Trinajstić information content (AvgIpc) is 3.03. The number of hydrogen-bond donors (Lipinski definition) is 0. The highest BCUT2D eigenvalue weighted by molar-refractivity contribution is 7.89. The van der Waals surface area contributed by atoms with Gasteiger partial charge in [0.2, 0.25) is 10.0 Å². The topological polar surface area (TPSA) is 59.8 Å². The van der Waals surface area contributed by atoms with Gasteiger partial charge in [0.15, 0.2) is 0 Å². The Morgan fingerprint density at radius 3 is 2.55 bits per heavy atom. The summed E-state index contributed by atoms with van der Waals surface area (Å²) in [5.74, 6) is 0.657. The van der Waals surface area contributed by atoms with Gasteiger partial charge in [-0.05, 0) is 24.3 Å². The molecular formula is C14H15NO4S. The van der Waals surface area contributed by atoms with Crippen molar-refractivity contribution in [1.82, 2.24) is 4.31 Å². The quantitative estimate of drug-likeness (QED) is 0.868. The van der Waals surface area contributed by atoms with E-state index in [4.69, 9.17) is 9.15 Å². The van der Waals surface area contributed by atoms with Crippen molar-refractivity contribution >= 4 is 10.0 Å². The molecule has 1 aliphatic rings. The van der Waals surface area contributed by atoms with E-state index in [1.54, 1.807) is 36.6 Å². The minimum Gasteiger partial charge on any atom is -0.464 e. The van der Waals surface area contributed by atoms with Gasteiger partial charge in [0.05, 0.1) is 24.4 Å². The zero-order chi connectivity index (χ0) is 14.0. The minimum absolute atomic E-state index is 0.285. The molecule has 0 bridgehead atoms. The molecule has 1 aromatic carbocycles. The van der Waals surface area contributed by atoms with E-state index < -0.39 is 10.0 Å². The summed E-state index contributed by atoms with van der Waals surface area (Å²) in [5.41, 5.74) is 0.754. The van der Waals surface area contributed by atoms with Crippen molar-refractivity contribution in [3.63, 3.8) is 0 Å². The lowest BCUT2D eigenvalue weighted by Crippen LogP contribution is -2.40. The maximum absolute atomic E-state index is 12.5. The third kappa shape index (κ3) is 2.49. The van der Waals surface area contributed by atoms with E-state index >= 15 is 0 Å². The van der Waals surface area contributed by atoms with Crippen LogP contribution in [0.5, 0.6) is 0 Å². The minimum atomic E-state index is -3.46. The number of nitrogens with zero attached hydrogens (tertiary/aromatic N) is 1. The molecule has 6 heteroatoms. The summed E-state index contributed by atoms with van der Waals surface area (Å²) < 4.78 is 37.1. The summed E-state index contributed by atoms with van der Waals surface area (Å²) in [6, 6.07) is 10.4. The third-order valence-electron chi connectivity index (χ3n) is 3.25. The van der Waals surface area contributed by atoms with Gasteiger partial charge in [-0.15, -0.1) is 0 Å². The summed E-state index contributed by atoms with van der Waals surface area (Å²) in [6.45, 7) is 1.68. The Morgan fingerprint density at radius 2 is 1.85 bits per heavy atom. The van der Waals surface area contributed by atoms with Gasteiger partial charge >= 0.3 is 0 Å². The van der Waals surface area contributed by atoms with Gasteiger partial charge in [-0.2, -0.15) is 4.31 Å². The number of rotatable bonds is 3. The molecule has 1 aromatic heterocycles. The first-order valence-electron chi connectivity index (χ1n) is 6.40. The fraction of sp³-hybridized carbons (Fsp3) is 0.286. The molecule has 0 aliphatic carbocycles. The van der Waals surface area contributed by atoms with Crippen molar-refractivity contribution in [3.8, 4) is 11.3 Å². The second-order valence-corrected chi connectivity index (χ2v) is 6.46. The van der Waals surface area contributed by atoms with E-state index in [1.165, 1.54) is 4.31 Å². The van der Waals surface area contributed by atoms with Crippen LogP contribution in [0, 0.1) is 0 Å². The molecule has 0 N–H and O–H groups in total. The van der Waals surface area contributed by atoms with Crippen LogP contribution < -0.4 is 0 Å². The van der Waals surface area contributed by atoms with E-state index in [0.29, 0.717) is 32.1 Å². The van der Waals surface area contributed by atoms with Crippen LogP contribution in [0.3, 0.4) is 0 Å². The smallest absolute Gasteiger partial charge is 0.243 e. The predicted molar refractivity (Wildman–Crippen MR) is 73.7 cm³/mol. The van der Waals surface area contributed by atoms with E-state index in [9.17, 15) is 8.42 Å². The second kappa shape index (κ2) is 5.40. The monoisotopic (exact) mass is 293 g/mol. The number of morpholine rings is 1. The highest BCUT2D eigenvalue weighted by atomic mass is 32.2. The molecule has 5 nitrogen and oxygen atoms in total. The molecule has 1 saturated heterocycles. The van der Waals surface area contributed by atoms with Crippen molar-refractivity contribution in [2.75, 3.05) is 26.3 Å². The molecular weight excluding hydrogens is 278 g/mol. The van der Waals surface area contributed by atoms with Crippen molar-refractivity contribution in [3.05, 3.63) is 42.7 Å². The van der Waals surface area contributed by atoms with E-state index in [2.05, 4.69) is 0 Å².